The van der Waals surface area contributed by atoms with Crippen LogP contribution in [0.2, 0.25) is 0 Å². The summed E-state index contributed by atoms with van der Waals surface area (Å²) >= 11 is 0. The number of benzene rings is 8. The summed E-state index contributed by atoms with van der Waals surface area (Å²) in [5.41, 5.74) is 12.4. The zero-order valence-electron chi connectivity index (χ0n) is 30.2. The topological polar surface area (TPSA) is 56.7 Å². The lowest BCUT2D eigenvalue weighted by Gasteiger charge is -2.13. The minimum absolute atomic E-state index is 0.600. The number of furan rings is 1. The lowest BCUT2D eigenvalue weighted by atomic mass is 9.94. The molecule has 0 bridgehead atoms. The molecule has 0 saturated heterocycles. The molecule has 0 aliphatic carbocycles. The monoisotopic (exact) mass is 716 g/mol. The molecule has 0 spiro atoms. The van der Waals surface area contributed by atoms with Crippen LogP contribution in [0.4, 0.5) is 0 Å². The number of para-hydroxylation sites is 1. The zero-order valence-corrected chi connectivity index (χ0v) is 30.2. The molecule has 0 aliphatic rings. The third kappa shape index (κ3) is 5.29. The Bertz CT molecular complexity index is 3170. The third-order valence-corrected chi connectivity index (χ3v) is 10.6. The second kappa shape index (κ2) is 13.0. The molecule has 56 heavy (non-hydrogen) atoms. The van der Waals surface area contributed by atoms with Crippen molar-refractivity contribution in [2.24, 2.45) is 0 Å². The van der Waals surface area contributed by atoms with Gasteiger partial charge >= 0.3 is 0 Å². The minimum Gasteiger partial charge on any atom is -0.456 e. The lowest BCUT2D eigenvalue weighted by Crippen LogP contribution is -2.00. The summed E-state index contributed by atoms with van der Waals surface area (Å²) in [7, 11) is 0. The Labute approximate surface area is 322 Å². The molecule has 0 radical (unpaired) electrons. The van der Waals surface area contributed by atoms with Crippen LogP contribution in [-0.4, -0.2) is 19.5 Å². The van der Waals surface area contributed by atoms with Gasteiger partial charge in [-0.15, -0.1) is 0 Å². The van der Waals surface area contributed by atoms with Crippen LogP contribution in [-0.2, 0) is 0 Å². The van der Waals surface area contributed by atoms with Crippen molar-refractivity contribution in [2.75, 3.05) is 0 Å². The second-order valence-corrected chi connectivity index (χ2v) is 14.0. The molecule has 3 heterocycles. The van der Waals surface area contributed by atoms with E-state index in [0.717, 1.165) is 60.9 Å². The SMILES string of the molecule is c1ccc(-c2cc(-c3ccccc3)c3c4ccccc4n(-c4cccc5oc6ccc(-c7nc(-c8ccccc8)nc(-c8ccccc8)n7)cc6c45)c3c2)cc1. The van der Waals surface area contributed by atoms with Crippen molar-refractivity contribution >= 4 is 43.7 Å². The van der Waals surface area contributed by atoms with Gasteiger partial charge < -0.3 is 8.98 Å². The normalized spacial score (nSPS) is 11.6. The Morgan fingerprint density at radius 1 is 0.339 bits per heavy atom. The van der Waals surface area contributed by atoms with E-state index in [0.29, 0.717) is 17.5 Å². The van der Waals surface area contributed by atoms with Crippen LogP contribution in [0.3, 0.4) is 0 Å². The lowest BCUT2D eigenvalue weighted by molar-refractivity contribution is 0.669. The van der Waals surface area contributed by atoms with E-state index >= 15 is 0 Å². The fraction of sp³-hybridized carbons (Fsp3) is 0. The standard InChI is InChI=1S/C51H32N4O/c1-5-16-33(17-6-1)38-31-40(34-18-7-2-8-19-34)47-39-24-13-14-25-42(39)55(44(47)32-38)43-26-15-27-46-48(43)41-30-37(28-29-45(41)56-46)51-53-49(35-20-9-3-10-21-35)52-50(54-51)36-22-11-4-12-23-36/h1-32H. The Morgan fingerprint density at radius 3 is 1.57 bits per heavy atom. The molecule has 5 nitrogen and oxygen atoms in total. The first-order valence-corrected chi connectivity index (χ1v) is 18.8. The highest BCUT2D eigenvalue weighted by Gasteiger charge is 2.22. The van der Waals surface area contributed by atoms with E-state index in [2.05, 4.69) is 126 Å². The highest BCUT2D eigenvalue weighted by atomic mass is 16.3. The first-order chi connectivity index (χ1) is 27.8. The fourth-order valence-corrected chi connectivity index (χ4v) is 8.07. The summed E-state index contributed by atoms with van der Waals surface area (Å²) in [6.07, 6.45) is 0. The van der Waals surface area contributed by atoms with Crippen LogP contribution in [0.25, 0.3) is 106 Å². The number of hydrogen-bond donors (Lipinski definition) is 0. The Hall–Kier alpha value is -7.63. The molecule has 11 aromatic rings. The third-order valence-electron chi connectivity index (χ3n) is 10.6. The smallest absolute Gasteiger partial charge is 0.164 e. The van der Waals surface area contributed by atoms with E-state index in [1.54, 1.807) is 0 Å². The highest BCUT2D eigenvalue weighted by Crippen LogP contribution is 2.44. The van der Waals surface area contributed by atoms with Crippen LogP contribution in [0.15, 0.2) is 199 Å². The van der Waals surface area contributed by atoms with Gasteiger partial charge in [-0.3, -0.25) is 0 Å². The van der Waals surface area contributed by atoms with Crippen molar-refractivity contribution in [1.82, 2.24) is 19.5 Å². The van der Waals surface area contributed by atoms with E-state index in [1.807, 2.05) is 72.8 Å². The summed E-state index contributed by atoms with van der Waals surface area (Å²) in [5.74, 6) is 1.85. The van der Waals surface area contributed by atoms with E-state index in [4.69, 9.17) is 19.4 Å². The fourth-order valence-electron chi connectivity index (χ4n) is 8.07. The molecule has 0 N–H and O–H groups in total. The van der Waals surface area contributed by atoms with Gasteiger partial charge in [0.25, 0.3) is 0 Å². The maximum atomic E-state index is 6.61. The van der Waals surface area contributed by atoms with Crippen LogP contribution in [0.1, 0.15) is 0 Å². The van der Waals surface area contributed by atoms with Crippen LogP contribution in [0, 0.1) is 0 Å². The molecule has 0 aliphatic heterocycles. The number of rotatable bonds is 6. The predicted molar refractivity (Wildman–Crippen MR) is 229 cm³/mol. The molecule has 0 amide bonds. The summed E-state index contributed by atoms with van der Waals surface area (Å²) in [6, 6.07) is 67.5. The molecular weight excluding hydrogens is 685 g/mol. The van der Waals surface area contributed by atoms with Crippen LogP contribution < -0.4 is 0 Å². The maximum absolute atomic E-state index is 6.61. The van der Waals surface area contributed by atoms with Gasteiger partial charge in [-0.2, -0.15) is 0 Å². The first-order valence-electron chi connectivity index (χ1n) is 18.8. The first kappa shape index (κ1) is 31.9. The van der Waals surface area contributed by atoms with Crippen molar-refractivity contribution in [3.8, 4) is 62.1 Å². The number of fused-ring (bicyclic) bond motifs is 6. The van der Waals surface area contributed by atoms with Gasteiger partial charge in [0.1, 0.15) is 11.2 Å². The quantitative estimate of drug-likeness (QED) is 0.172. The summed E-state index contributed by atoms with van der Waals surface area (Å²) < 4.78 is 9.03. The molecule has 5 heteroatoms. The molecular formula is C51H32N4O. The van der Waals surface area contributed by atoms with Crippen molar-refractivity contribution in [3.05, 3.63) is 194 Å². The van der Waals surface area contributed by atoms with Gasteiger partial charge in [-0.05, 0) is 70.8 Å². The average Bonchev–Trinajstić information content (AvgIpc) is 3.83. The van der Waals surface area contributed by atoms with Gasteiger partial charge in [0.05, 0.1) is 22.1 Å². The Morgan fingerprint density at radius 2 is 0.911 bits per heavy atom. The van der Waals surface area contributed by atoms with E-state index < -0.39 is 0 Å². The number of nitrogens with zero attached hydrogens (tertiary/aromatic N) is 4. The van der Waals surface area contributed by atoms with Gasteiger partial charge in [-0.1, -0.05) is 146 Å². The zero-order chi connectivity index (χ0) is 37.0. The van der Waals surface area contributed by atoms with Gasteiger partial charge in [0, 0.05) is 32.8 Å². The molecule has 0 fully saturated rings. The van der Waals surface area contributed by atoms with E-state index in [-0.39, 0.29) is 0 Å². The molecule has 8 aromatic carbocycles. The van der Waals surface area contributed by atoms with E-state index in [1.165, 1.54) is 27.5 Å². The highest BCUT2D eigenvalue weighted by molar-refractivity contribution is 6.19. The van der Waals surface area contributed by atoms with Crippen molar-refractivity contribution in [3.63, 3.8) is 0 Å². The largest absolute Gasteiger partial charge is 0.456 e. The molecule has 0 atom stereocenters. The van der Waals surface area contributed by atoms with Gasteiger partial charge in [0.2, 0.25) is 0 Å². The molecule has 0 unspecified atom stereocenters. The summed E-state index contributed by atoms with van der Waals surface area (Å²) in [4.78, 5) is 15.0. The Kier molecular flexibility index (Phi) is 7.42. The summed E-state index contributed by atoms with van der Waals surface area (Å²) in [6.45, 7) is 0. The average molecular weight is 717 g/mol. The van der Waals surface area contributed by atoms with Crippen LogP contribution in [0.5, 0.6) is 0 Å². The van der Waals surface area contributed by atoms with E-state index in [9.17, 15) is 0 Å². The maximum Gasteiger partial charge on any atom is 0.164 e. The summed E-state index contributed by atoms with van der Waals surface area (Å²) in [5, 5.41) is 4.42. The van der Waals surface area contributed by atoms with Crippen LogP contribution >= 0.6 is 0 Å². The molecule has 0 saturated carbocycles. The minimum atomic E-state index is 0.600. The van der Waals surface area contributed by atoms with Crippen molar-refractivity contribution < 1.29 is 4.42 Å². The number of aromatic nitrogens is 4. The molecule has 3 aromatic heterocycles. The van der Waals surface area contributed by atoms with Crippen molar-refractivity contribution in [2.45, 2.75) is 0 Å². The second-order valence-electron chi connectivity index (χ2n) is 14.0. The number of hydrogen-bond acceptors (Lipinski definition) is 4. The van der Waals surface area contributed by atoms with Gasteiger partial charge in [0.15, 0.2) is 17.5 Å². The van der Waals surface area contributed by atoms with Crippen molar-refractivity contribution in [1.29, 1.82) is 0 Å². The molecule has 262 valence electrons. The predicted octanol–water partition coefficient (Wildman–Crippen LogP) is 13.2. The van der Waals surface area contributed by atoms with Gasteiger partial charge in [-0.25, -0.2) is 15.0 Å². The Balaban J connectivity index is 1.18. The molecule has 11 rings (SSSR count).